The minimum Gasteiger partial charge on any atom is -0.497 e. The Labute approximate surface area is 112 Å². The molecule has 0 aliphatic carbocycles. The molecule has 5 heteroatoms. The third-order valence-electron chi connectivity index (χ3n) is 3.22. The Morgan fingerprint density at radius 1 is 1.00 bits per heavy atom. The van der Waals surface area contributed by atoms with Gasteiger partial charge in [0.05, 0.1) is 14.2 Å². The standard InChI is InChI=1S/C14H17N3O2/c1-8-9(2)14(15)17-16-13(8)11-7-10(18-3)5-6-12(11)19-4/h5-7H,1-4H3,(H2,15,17). The lowest BCUT2D eigenvalue weighted by molar-refractivity contribution is 0.404. The number of aromatic nitrogens is 2. The summed E-state index contributed by atoms with van der Waals surface area (Å²) in [5.74, 6) is 1.91. The summed E-state index contributed by atoms with van der Waals surface area (Å²) in [6.07, 6.45) is 0. The molecule has 0 unspecified atom stereocenters. The topological polar surface area (TPSA) is 70.3 Å². The van der Waals surface area contributed by atoms with Gasteiger partial charge in [0.15, 0.2) is 0 Å². The van der Waals surface area contributed by atoms with Gasteiger partial charge in [-0.2, -0.15) is 0 Å². The summed E-state index contributed by atoms with van der Waals surface area (Å²) >= 11 is 0. The maximum atomic E-state index is 5.76. The van der Waals surface area contributed by atoms with E-state index in [1.165, 1.54) is 0 Å². The second-order valence-corrected chi connectivity index (χ2v) is 4.25. The van der Waals surface area contributed by atoms with E-state index in [1.54, 1.807) is 14.2 Å². The van der Waals surface area contributed by atoms with Crippen molar-refractivity contribution in [3.63, 3.8) is 0 Å². The van der Waals surface area contributed by atoms with Crippen molar-refractivity contribution in [2.24, 2.45) is 0 Å². The Morgan fingerprint density at radius 2 is 1.74 bits per heavy atom. The monoisotopic (exact) mass is 259 g/mol. The molecule has 0 aliphatic rings. The molecule has 100 valence electrons. The van der Waals surface area contributed by atoms with Crippen LogP contribution in [0.2, 0.25) is 0 Å². The Balaban J connectivity index is 2.67. The average molecular weight is 259 g/mol. The van der Waals surface area contributed by atoms with E-state index in [9.17, 15) is 0 Å². The fourth-order valence-corrected chi connectivity index (χ4v) is 1.88. The third-order valence-corrected chi connectivity index (χ3v) is 3.22. The molecule has 0 radical (unpaired) electrons. The summed E-state index contributed by atoms with van der Waals surface area (Å²) in [5.41, 5.74) is 9.27. The summed E-state index contributed by atoms with van der Waals surface area (Å²) in [7, 11) is 3.25. The van der Waals surface area contributed by atoms with Gasteiger partial charge < -0.3 is 15.2 Å². The number of ether oxygens (including phenoxy) is 2. The van der Waals surface area contributed by atoms with Crippen molar-refractivity contribution >= 4 is 5.82 Å². The van der Waals surface area contributed by atoms with Gasteiger partial charge >= 0.3 is 0 Å². The van der Waals surface area contributed by atoms with Crippen LogP contribution in [0.4, 0.5) is 5.82 Å². The second-order valence-electron chi connectivity index (χ2n) is 4.25. The van der Waals surface area contributed by atoms with Gasteiger partial charge in [-0.1, -0.05) is 0 Å². The molecular formula is C14H17N3O2. The van der Waals surface area contributed by atoms with Crippen molar-refractivity contribution in [3.05, 3.63) is 29.3 Å². The van der Waals surface area contributed by atoms with Crippen LogP contribution in [0.15, 0.2) is 18.2 Å². The number of nitrogens with zero attached hydrogens (tertiary/aromatic N) is 2. The van der Waals surface area contributed by atoms with Gasteiger partial charge in [0.25, 0.3) is 0 Å². The number of nitrogens with two attached hydrogens (primary N) is 1. The highest BCUT2D eigenvalue weighted by molar-refractivity contribution is 5.73. The molecule has 0 saturated carbocycles. The molecule has 0 aliphatic heterocycles. The van der Waals surface area contributed by atoms with Crippen molar-refractivity contribution in [3.8, 4) is 22.8 Å². The number of methoxy groups -OCH3 is 2. The average Bonchev–Trinajstić information content (AvgIpc) is 2.44. The molecule has 5 nitrogen and oxygen atoms in total. The fraction of sp³-hybridized carbons (Fsp3) is 0.286. The van der Waals surface area contributed by atoms with Crippen LogP contribution in [0.25, 0.3) is 11.3 Å². The van der Waals surface area contributed by atoms with Crippen molar-refractivity contribution in [1.82, 2.24) is 10.2 Å². The fourth-order valence-electron chi connectivity index (χ4n) is 1.88. The lowest BCUT2D eigenvalue weighted by atomic mass is 10.0. The maximum absolute atomic E-state index is 5.76. The van der Waals surface area contributed by atoms with Gasteiger partial charge in [0.2, 0.25) is 0 Å². The van der Waals surface area contributed by atoms with Gasteiger partial charge in [0.1, 0.15) is 23.0 Å². The molecule has 0 atom stereocenters. The van der Waals surface area contributed by atoms with Crippen LogP contribution in [0, 0.1) is 13.8 Å². The van der Waals surface area contributed by atoms with E-state index in [2.05, 4.69) is 10.2 Å². The van der Waals surface area contributed by atoms with Crippen LogP contribution >= 0.6 is 0 Å². The molecule has 2 rings (SSSR count). The van der Waals surface area contributed by atoms with Gasteiger partial charge in [-0.15, -0.1) is 10.2 Å². The largest absolute Gasteiger partial charge is 0.497 e. The number of nitrogen functional groups attached to an aromatic ring is 1. The van der Waals surface area contributed by atoms with Gasteiger partial charge in [-0.05, 0) is 43.2 Å². The molecule has 2 aromatic rings. The molecule has 1 aromatic carbocycles. The zero-order chi connectivity index (χ0) is 14.0. The Hall–Kier alpha value is -2.30. The molecule has 19 heavy (non-hydrogen) atoms. The highest BCUT2D eigenvalue weighted by atomic mass is 16.5. The quantitative estimate of drug-likeness (QED) is 0.916. The summed E-state index contributed by atoms with van der Waals surface area (Å²) in [6, 6.07) is 5.57. The van der Waals surface area contributed by atoms with E-state index in [4.69, 9.17) is 15.2 Å². The van der Waals surface area contributed by atoms with Crippen molar-refractivity contribution in [2.45, 2.75) is 13.8 Å². The molecule has 2 N–H and O–H groups in total. The van der Waals surface area contributed by atoms with E-state index in [0.29, 0.717) is 5.82 Å². The van der Waals surface area contributed by atoms with Gasteiger partial charge in [-0.3, -0.25) is 0 Å². The van der Waals surface area contributed by atoms with Crippen LogP contribution in [-0.2, 0) is 0 Å². The normalized spacial score (nSPS) is 10.3. The lowest BCUT2D eigenvalue weighted by Crippen LogP contribution is -2.03. The Kier molecular flexibility index (Phi) is 3.55. The summed E-state index contributed by atoms with van der Waals surface area (Å²) in [5, 5.41) is 8.16. The van der Waals surface area contributed by atoms with E-state index in [0.717, 1.165) is 33.9 Å². The molecule has 0 bridgehead atoms. The summed E-state index contributed by atoms with van der Waals surface area (Å²) < 4.78 is 10.6. The minimum atomic E-state index is 0.447. The van der Waals surface area contributed by atoms with Gasteiger partial charge in [0, 0.05) is 5.56 Å². The molecule has 0 spiro atoms. The SMILES string of the molecule is COc1ccc(OC)c(-c2nnc(N)c(C)c2C)c1. The first kappa shape index (κ1) is 13.1. The third kappa shape index (κ3) is 2.31. The van der Waals surface area contributed by atoms with Gasteiger partial charge in [-0.25, -0.2) is 0 Å². The summed E-state index contributed by atoms with van der Waals surface area (Å²) in [4.78, 5) is 0. The van der Waals surface area contributed by atoms with Crippen molar-refractivity contribution in [1.29, 1.82) is 0 Å². The predicted molar refractivity (Wildman–Crippen MR) is 74.5 cm³/mol. The van der Waals surface area contributed by atoms with E-state index in [1.807, 2.05) is 32.0 Å². The van der Waals surface area contributed by atoms with Crippen LogP contribution in [-0.4, -0.2) is 24.4 Å². The van der Waals surface area contributed by atoms with Crippen molar-refractivity contribution < 1.29 is 9.47 Å². The lowest BCUT2D eigenvalue weighted by Gasteiger charge is -2.13. The van der Waals surface area contributed by atoms with E-state index < -0.39 is 0 Å². The van der Waals surface area contributed by atoms with Crippen LogP contribution < -0.4 is 15.2 Å². The molecule has 0 fully saturated rings. The molecule has 1 heterocycles. The molecule has 0 saturated heterocycles. The number of rotatable bonds is 3. The number of hydrogen-bond acceptors (Lipinski definition) is 5. The minimum absolute atomic E-state index is 0.447. The van der Waals surface area contributed by atoms with E-state index in [-0.39, 0.29) is 0 Å². The summed E-state index contributed by atoms with van der Waals surface area (Å²) in [6.45, 7) is 3.89. The second kappa shape index (κ2) is 5.14. The van der Waals surface area contributed by atoms with E-state index >= 15 is 0 Å². The smallest absolute Gasteiger partial charge is 0.149 e. The molecular weight excluding hydrogens is 242 g/mol. The zero-order valence-electron chi connectivity index (χ0n) is 11.5. The zero-order valence-corrected chi connectivity index (χ0v) is 11.5. The number of hydrogen-bond donors (Lipinski definition) is 1. The van der Waals surface area contributed by atoms with Crippen LogP contribution in [0.1, 0.15) is 11.1 Å². The van der Waals surface area contributed by atoms with Crippen LogP contribution in [0.5, 0.6) is 11.5 Å². The Bertz CT molecular complexity index is 612. The molecule has 0 amide bonds. The highest BCUT2D eigenvalue weighted by Gasteiger charge is 2.14. The van der Waals surface area contributed by atoms with Crippen LogP contribution in [0.3, 0.4) is 0 Å². The maximum Gasteiger partial charge on any atom is 0.149 e. The van der Waals surface area contributed by atoms with Crippen molar-refractivity contribution in [2.75, 3.05) is 20.0 Å². The number of benzene rings is 1. The first-order valence-corrected chi connectivity index (χ1v) is 5.90. The number of anilines is 1. The predicted octanol–water partition coefficient (Wildman–Crippen LogP) is 2.36. The first-order valence-electron chi connectivity index (χ1n) is 5.90. The first-order chi connectivity index (χ1) is 9.08. The Morgan fingerprint density at radius 3 is 2.37 bits per heavy atom. The molecule has 1 aromatic heterocycles. The highest BCUT2D eigenvalue weighted by Crippen LogP contribution is 2.34.